The zero-order chi connectivity index (χ0) is 37.8. The summed E-state index contributed by atoms with van der Waals surface area (Å²) in [6.45, 7) is 4.43. The van der Waals surface area contributed by atoms with Gasteiger partial charge in [-0.25, -0.2) is 0 Å². The minimum absolute atomic E-state index is 0. The van der Waals surface area contributed by atoms with E-state index in [1.165, 1.54) is 69.4 Å². The normalized spacial score (nSPS) is 40.0. The maximum atomic E-state index is 11.6. The first kappa shape index (κ1) is 43.0. The third-order valence-electron chi connectivity index (χ3n) is 14.8. The molecule has 10 rings (SSSR count). The lowest BCUT2D eigenvalue weighted by Crippen LogP contribution is -2.41. The van der Waals surface area contributed by atoms with Crippen LogP contribution in [0.5, 0.6) is 11.5 Å². The maximum absolute atomic E-state index is 11.6. The number of benzene rings is 2. The number of esters is 1. The zero-order valence-electron chi connectivity index (χ0n) is 32.7. The summed E-state index contributed by atoms with van der Waals surface area (Å²) in [4.78, 5) is 22.5. The minimum Gasteiger partial charge on any atom is -0.497 e. The van der Waals surface area contributed by atoms with Crippen molar-refractivity contribution in [3.8, 4) is 11.5 Å². The summed E-state index contributed by atoms with van der Waals surface area (Å²) in [5.74, 6) is 7.71. The highest BCUT2D eigenvalue weighted by molar-refractivity contribution is 8.14. The van der Waals surface area contributed by atoms with Gasteiger partial charge in [0.2, 0.25) is 0 Å². The van der Waals surface area contributed by atoms with E-state index in [9.17, 15) is 9.59 Å². The molecule has 2 aromatic carbocycles. The smallest absolute Gasteiger partial charge is 0.308 e. The third-order valence-corrected chi connectivity index (χ3v) is 16.9. The van der Waals surface area contributed by atoms with E-state index in [2.05, 4.69) is 18.0 Å². The average Bonchev–Trinajstić information content (AvgIpc) is 4.02. The molecule has 314 valence electrons. The van der Waals surface area contributed by atoms with Crippen LogP contribution in [0.4, 0.5) is 0 Å². The Hall–Kier alpha value is -2.08. The van der Waals surface area contributed by atoms with Crippen molar-refractivity contribution in [3.05, 3.63) is 59.7 Å². The van der Waals surface area contributed by atoms with Crippen LogP contribution in [0.3, 0.4) is 0 Å². The van der Waals surface area contributed by atoms with Crippen LogP contribution in [-0.2, 0) is 35.0 Å². The molecule has 2 aromatic rings. The summed E-state index contributed by atoms with van der Waals surface area (Å²) >= 11 is 3.67. The first-order chi connectivity index (χ1) is 26.7. The number of ether oxygens (including phenoxy) is 6. The van der Waals surface area contributed by atoms with Gasteiger partial charge >= 0.3 is 5.97 Å². The molecule has 6 aliphatic carbocycles. The molecule has 2 heterocycles. The van der Waals surface area contributed by atoms with Crippen molar-refractivity contribution in [3.63, 3.8) is 0 Å². The Morgan fingerprint density at radius 2 is 1.09 bits per heavy atom. The molecule has 8 aliphatic rings. The van der Waals surface area contributed by atoms with E-state index in [1.807, 2.05) is 36.4 Å². The Bertz CT molecular complexity index is 1670. The Morgan fingerprint density at radius 3 is 1.56 bits per heavy atom. The molecule has 16 unspecified atom stereocenters. The fourth-order valence-electron chi connectivity index (χ4n) is 12.7. The molecule has 2 saturated heterocycles. The second kappa shape index (κ2) is 18.3. The third kappa shape index (κ3) is 8.88. The molecule has 8 nitrogen and oxygen atoms in total. The second-order valence-electron chi connectivity index (χ2n) is 17.8. The Balaban J connectivity index is 0.000000203. The molecule has 0 amide bonds. The van der Waals surface area contributed by atoms with Crippen LogP contribution in [0.15, 0.2) is 48.5 Å². The van der Waals surface area contributed by atoms with Crippen LogP contribution in [0.1, 0.15) is 91.2 Å². The van der Waals surface area contributed by atoms with Gasteiger partial charge in [0.05, 0.1) is 32.5 Å². The molecule has 0 spiro atoms. The van der Waals surface area contributed by atoms with Gasteiger partial charge in [-0.3, -0.25) is 9.59 Å². The van der Waals surface area contributed by atoms with Gasteiger partial charge in [0, 0.05) is 24.3 Å². The SMILES string of the molecule is C.C.COc1ccc(Cc2ccc(OC(C)=O)cc2)cc1.CSC1CC2C3CC(OC4COC5C(OC6CC7CC6C6CC(SC(C)=O)CC76)COC45)C(C3)C2C1. The molecule has 4 bridgehead atoms. The summed E-state index contributed by atoms with van der Waals surface area (Å²) in [7, 11) is 1.66. The van der Waals surface area contributed by atoms with Gasteiger partial charge in [-0.05, 0) is 147 Å². The second-order valence-corrected chi connectivity index (χ2v) is 20.4. The molecule has 57 heavy (non-hydrogen) atoms. The van der Waals surface area contributed by atoms with Crippen LogP contribution in [-0.4, -0.2) is 84.8 Å². The topological polar surface area (TPSA) is 89.5 Å². The first-order valence-corrected chi connectivity index (χ1v) is 23.0. The number of carbonyl (C=O) groups is 2. The van der Waals surface area contributed by atoms with Crippen molar-refractivity contribution >= 4 is 34.6 Å². The fourth-order valence-corrected chi connectivity index (χ4v) is 14.6. The summed E-state index contributed by atoms with van der Waals surface area (Å²) in [6, 6.07) is 15.5. The first-order valence-electron chi connectivity index (χ1n) is 20.9. The van der Waals surface area contributed by atoms with Gasteiger partial charge < -0.3 is 28.4 Å². The number of fused-ring (bicyclic) bond motifs is 11. The van der Waals surface area contributed by atoms with Gasteiger partial charge in [-0.1, -0.05) is 50.9 Å². The molecule has 6 saturated carbocycles. The number of methoxy groups -OCH3 is 1. The molecule has 0 N–H and O–H groups in total. The van der Waals surface area contributed by atoms with Gasteiger partial charge in [0.1, 0.15) is 35.9 Å². The van der Waals surface area contributed by atoms with Crippen LogP contribution < -0.4 is 9.47 Å². The van der Waals surface area contributed by atoms with Gasteiger partial charge in [-0.15, -0.1) is 0 Å². The Labute approximate surface area is 349 Å². The lowest BCUT2D eigenvalue weighted by atomic mass is 9.80. The maximum Gasteiger partial charge on any atom is 0.308 e. The van der Waals surface area contributed by atoms with Gasteiger partial charge in [-0.2, -0.15) is 11.8 Å². The number of carbonyl (C=O) groups excluding carboxylic acids is 2. The molecule has 8 fully saturated rings. The molecule has 0 aromatic heterocycles. The van der Waals surface area contributed by atoms with Crippen molar-refractivity contribution in [2.75, 3.05) is 26.6 Å². The summed E-state index contributed by atoms with van der Waals surface area (Å²) in [5.41, 5.74) is 2.38. The number of thioether (sulfide) groups is 2. The monoisotopic (exact) mass is 822 g/mol. The highest BCUT2D eigenvalue weighted by Gasteiger charge is 2.60. The molecular formula is C47H66O8S2. The van der Waals surface area contributed by atoms with Gasteiger partial charge in [0.15, 0.2) is 5.12 Å². The summed E-state index contributed by atoms with van der Waals surface area (Å²) < 4.78 is 36.4. The van der Waals surface area contributed by atoms with Crippen LogP contribution >= 0.6 is 23.5 Å². The molecule has 2 aliphatic heterocycles. The number of hydrogen-bond donors (Lipinski definition) is 0. The van der Waals surface area contributed by atoms with Crippen molar-refractivity contribution in [1.82, 2.24) is 0 Å². The lowest BCUT2D eigenvalue weighted by Gasteiger charge is -2.34. The number of hydrogen-bond acceptors (Lipinski definition) is 10. The quantitative estimate of drug-likeness (QED) is 0.171. The predicted molar refractivity (Wildman–Crippen MR) is 228 cm³/mol. The summed E-state index contributed by atoms with van der Waals surface area (Å²) in [6.07, 6.45) is 14.6. The van der Waals surface area contributed by atoms with Crippen molar-refractivity contribution < 1.29 is 38.0 Å². The van der Waals surface area contributed by atoms with E-state index in [4.69, 9.17) is 28.4 Å². The largest absolute Gasteiger partial charge is 0.497 e. The Kier molecular flexibility index (Phi) is 13.8. The summed E-state index contributed by atoms with van der Waals surface area (Å²) in [5, 5.41) is 1.69. The Morgan fingerprint density at radius 1 is 0.614 bits per heavy atom. The van der Waals surface area contributed by atoms with Crippen molar-refractivity contribution in [1.29, 1.82) is 0 Å². The minimum atomic E-state index is -0.303. The van der Waals surface area contributed by atoms with Gasteiger partial charge in [0.25, 0.3) is 0 Å². The molecule has 16 atom stereocenters. The lowest BCUT2D eigenvalue weighted by molar-refractivity contribution is -0.131. The van der Waals surface area contributed by atoms with E-state index in [0.717, 1.165) is 58.8 Å². The zero-order valence-corrected chi connectivity index (χ0v) is 34.4. The van der Waals surface area contributed by atoms with Crippen LogP contribution in [0, 0.1) is 47.3 Å². The highest BCUT2D eigenvalue weighted by Crippen LogP contribution is 2.62. The standard InChI is InChI=1S/C29H42O5S2.C16H16O3.2CH4/c1-13(30)36-17-9-19-15-4-23(21(19)10-17)25(6-15)34-27-12-32-28-26(11-31-29(27)28)33-24-5-14-3-22(24)20-8-16(35-2)7-18(14)20;1-12(17)19-16-9-5-14(6-10-16)11-13-3-7-15(18-2)8-4-13;;/h14-29H,3-12H2,1-2H3;3-10H,11H2,1-2H3;2*1H4. The van der Waals surface area contributed by atoms with E-state index in [0.29, 0.717) is 42.3 Å². The molecule has 0 radical (unpaired) electrons. The van der Waals surface area contributed by atoms with Crippen LogP contribution in [0.2, 0.25) is 0 Å². The van der Waals surface area contributed by atoms with E-state index in [-0.39, 0.29) is 50.4 Å². The molecular weight excluding hydrogens is 757 g/mol. The van der Waals surface area contributed by atoms with E-state index >= 15 is 0 Å². The van der Waals surface area contributed by atoms with Crippen molar-refractivity contribution in [2.45, 2.75) is 134 Å². The van der Waals surface area contributed by atoms with Crippen molar-refractivity contribution in [2.24, 2.45) is 47.3 Å². The van der Waals surface area contributed by atoms with E-state index < -0.39 is 0 Å². The fraction of sp³-hybridized carbons (Fsp3) is 0.702. The highest BCUT2D eigenvalue weighted by atomic mass is 32.2. The number of rotatable bonds is 10. The van der Waals surface area contributed by atoms with Crippen LogP contribution in [0.25, 0.3) is 0 Å². The average molecular weight is 823 g/mol. The molecule has 10 heteroatoms. The predicted octanol–water partition coefficient (Wildman–Crippen LogP) is 9.29. The van der Waals surface area contributed by atoms with E-state index in [1.54, 1.807) is 37.9 Å².